The summed E-state index contributed by atoms with van der Waals surface area (Å²) in [5.41, 5.74) is 12.6. The summed E-state index contributed by atoms with van der Waals surface area (Å²) in [7, 11) is 0. The molecule has 0 amide bonds. The van der Waals surface area contributed by atoms with E-state index < -0.39 is 0 Å². The minimum atomic E-state index is 0.0179. The van der Waals surface area contributed by atoms with Gasteiger partial charge in [-0.05, 0) is 33.7 Å². The zero-order valence-corrected chi connectivity index (χ0v) is 11.8. The summed E-state index contributed by atoms with van der Waals surface area (Å²) in [5.74, 6) is 0. The van der Waals surface area contributed by atoms with Crippen molar-refractivity contribution in [2.75, 3.05) is 5.73 Å². The monoisotopic (exact) mass is 259 g/mol. The van der Waals surface area contributed by atoms with Gasteiger partial charge < -0.3 is 5.73 Å². The van der Waals surface area contributed by atoms with Gasteiger partial charge in [-0.25, -0.2) is 0 Å². The lowest BCUT2D eigenvalue weighted by molar-refractivity contribution is 0.661. The van der Waals surface area contributed by atoms with Crippen molar-refractivity contribution in [2.24, 2.45) is 0 Å². The third kappa shape index (κ3) is 1.27. The fourth-order valence-electron chi connectivity index (χ4n) is 3.58. The Morgan fingerprint density at radius 1 is 0.800 bits per heavy atom. The molecule has 0 spiro atoms. The Balaban J connectivity index is 2.25. The largest absolute Gasteiger partial charge is 0.398 e. The van der Waals surface area contributed by atoms with Crippen LogP contribution in [0.1, 0.15) is 25.0 Å². The minimum absolute atomic E-state index is 0.0179. The first-order valence-electron chi connectivity index (χ1n) is 7.02. The van der Waals surface area contributed by atoms with Gasteiger partial charge in [-0.3, -0.25) is 0 Å². The van der Waals surface area contributed by atoms with Crippen molar-refractivity contribution in [3.05, 3.63) is 65.7 Å². The molecule has 1 aliphatic carbocycles. The molecule has 0 bridgehead atoms. The van der Waals surface area contributed by atoms with Crippen LogP contribution in [-0.2, 0) is 5.41 Å². The number of hydrogen-bond donors (Lipinski definition) is 1. The first-order chi connectivity index (χ1) is 9.60. The fourth-order valence-corrected chi connectivity index (χ4v) is 3.58. The Hall–Kier alpha value is -2.28. The molecule has 1 heteroatoms. The van der Waals surface area contributed by atoms with Gasteiger partial charge in [-0.1, -0.05) is 62.4 Å². The molecule has 0 unspecified atom stereocenters. The average molecular weight is 259 g/mol. The molecule has 0 aromatic heterocycles. The Bertz CT molecular complexity index is 844. The highest BCUT2D eigenvalue weighted by molar-refractivity contribution is 6.07. The van der Waals surface area contributed by atoms with Gasteiger partial charge in [-0.2, -0.15) is 0 Å². The van der Waals surface area contributed by atoms with Crippen LogP contribution in [0.25, 0.3) is 21.9 Å². The Labute approximate surface area is 119 Å². The van der Waals surface area contributed by atoms with Crippen molar-refractivity contribution in [3.8, 4) is 11.1 Å². The summed E-state index contributed by atoms with van der Waals surface area (Å²) >= 11 is 0. The van der Waals surface area contributed by atoms with Crippen molar-refractivity contribution >= 4 is 16.5 Å². The van der Waals surface area contributed by atoms with Crippen LogP contribution in [0.3, 0.4) is 0 Å². The topological polar surface area (TPSA) is 26.0 Å². The van der Waals surface area contributed by atoms with E-state index in [-0.39, 0.29) is 5.41 Å². The Morgan fingerprint density at radius 3 is 2.25 bits per heavy atom. The highest BCUT2D eigenvalue weighted by atomic mass is 14.6. The predicted octanol–water partition coefficient (Wildman–Crippen LogP) is 4.73. The lowest BCUT2D eigenvalue weighted by Crippen LogP contribution is -2.15. The molecule has 2 N–H and O–H groups in total. The van der Waals surface area contributed by atoms with Crippen molar-refractivity contribution in [1.82, 2.24) is 0 Å². The molecule has 3 aromatic carbocycles. The van der Waals surface area contributed by atoms with Crippen LogP contribution in [-0.4, -0.2) is 0 Å². The average Bonchev–Trinajstić information content (AvgIpc) is 2.69. The second-order valence-electron chi connectivity index (χ2n) is 6.10. The standard InChI is InChI=1S/C19H17N/c1-19(2)15-10-6-5-9-14(15)18-13-8-4-3-7-12(13)17(20)11-16(18)19/h3-11H,20H2,1-2H3. The molecule has 98 valence electrons. The summed E-state index contributed by atoms with van der Waals surface area (Å²) in [6, 6.07) is 19.3. The number of hydrogen-bond acceptors (Lipinski definition) is 1. The highest BCUT2D eigenvalue weighted by Gasteiger charge is 2.36. The lowest BCUT2D eigenvalue weighted by Gasteiger charge is -2.22. The van der Waals surface area contributed by atoms with Gasteiger partial charge in [0, 0.05) is 16.5 Å². The van der Waals surface area contributed by atoms with Crippen molar-refractivity contribution < 1.29 is 0 Å². The van der Waals surface area contributed by atoms with Crippen LogP contribution in [0.5, 0.6) is 0 Å². The molecule has 0 aliphatic heterocycles. The third-order valence-electron chi connectivity index (χ3n) is 4.62. The molecule has 20 heavy (non-hydrogen) atoms. The van der Waals surface area contributed by atoms with Gasteiger partial charge in [-0.15, -0.1) is 0 Å². The summed E-state index contributed by atoms with van der Waals surface area (Å²) in [5, 5.41) is 2.42. The van der Waals surface area contributed by atoms with Crippen LogP contribution in [0, 0.1) is 0 Å². The molecule has 0 saturated heterocycles. The second-order valence-corrected chi connectivity index (χ2v) is 6.10. The smallest absolute Gasteiger partial charge is 0.0397 e. The molecule has 3 aromatic rings. The maximum absolute atomic E-state index is 6.29. The van der Waals surface area contributed by atoms with Crippen LogP contribution >= 0.6 is 0 Å². The molecular weight excluding hydrogens is 242 g/mol. The number of nitrogens with two attached hydrogens (primary N) is 1. The van der Waals surface area contributed by atoms with E-state index in [1.807, 2.05) is 0 Å². The van der Waals surface area contributed by atoms with E-state index in [0.717, 1.165) is 11.1 Å². The maximum atomic E-state index is 6.29. The summed E-state index contributed by atoms with van der Waals surface area (Å²) < 4.78 is 0. The van der Waals surface area contributed by atoms with Gasteiger partial charge >= 0.3 is 0 Å². The van der Waals surface area contributed by atoms with Gasteiger partial charge in [0.15, 0.2) is 0 Å². The van der Waals surface area contributed by atoms with E-state index >= 15 is 0 Å². The van der Waals surface area contributed by atoms with Gasteiger partial charge in [0.25, 0.3) is 0 Å². The Morgan fingerprint density at radius 2 is 1.45 bits per heavy atom. The van der Waals surface area contributed by atoms with E-state index in [0.29, 0.717) is 0 Å². The lowest BCUT2D eigenvalue weighted by atomic mass is 9.82. The number of rotatable bonds is 0. The van der Waals surface area contributed by atoms with E-state index in [1.165, 1.54) is 27.6 Å². The summed E-state index contributed by atoms with van der Waals surface area (Å²) in [4.78, 5) is 0. The minimum Gasteiger partial charge on any atom is -0.398 e. The second kappa shape index (κ2) is 3.63. The molecule has 4 rings (SSSR count). The predicted molar refractivity (Wildman–Crippen MR) is 85.9 cm³/mol. The quantitative estimate of drug-likeness (QED) is 0.580. The van der Waals surface area contributed by atoms with E-state index in [9.17, 15) is 0 Å². The number of nitrogen functional groups attached to an aromatic ring is 1. The number of benzene rings is 3. The van der Waals surface area contributed by atoms with Crippen LogP contribution < -0.4 is 5.73 Å². The molecule has 1 nitrogen and oxygen atoms in total. The summed E-state index contributed by atoms with van der Waals surface area (Å²) in [6.45, 7) is 4.57. The van der Waals surface area contributed by atoms with Crippen molar-refractivity contribution in [1.29, 1.82) is 0 Å². The molecule has 0 saturated carbocycles. The molecular formula is C19H17N. The van der Waals surface area contributed by atoms with Crippen LogP contribution in [0.4, 0.5) is 5.69 Å². The molecule has 0 atom stereocenters. The highest BCUT2D eigenvalue weighted by Crippen LogP contribution is 2.52. The van der Waals surface area contributed by atoms with Gasteiger partial charge in [0.05, 0.1) is 0 Å². The SMILES string of the molecule is CC1(C)c2ccccc2-c2c1cc(N)c1ccccc21. The Kier molecular flexibility index (Phi) is 2.10. The van der Waals surface area contributed by atoms with Crippen molar-refractivity contribution in [2.45, 2.75) is 19.3 Å². The number of fused-ring (bicyclic) bond motifs is 5. The van der Waals surface area contributed by atoms with Gasteiger partial charge in [0.2, 0.25) is 0 Å². The third-order valence-corrected chi connectivity index (χ3v) is 4.62. The first kappa shape index (κ1) is 11.5. The fraction of sp³-hybridized carbons (Fsp3) is 0.158. The normalized spacial score (nSPS) is 15.1. The number of anilines is 1. The van der Waals surface area contributed by atoms with Crippen LogP contribution in [0.15, 0.2) is 54.6 Å². The zero-order valence-electron chi connectivity index (χ0n) is 11.8. The first-order valence-corrected chi connectivity index (χ1v) is 7.02. The van der Waals surface area contributed by atoms with Crippen molar-refractivity contribution in [3.63, 3.8) is 0 Å². The van der Waals surface area contributed by atoms with E-state index in [4.69, 9.17) is 5.73 Å². The van der Waals surface area contributed by atoms with E-state index in [2.05, 4.69) is 68.4 Å². The molecule has 0 fully saturated rings. The van der Waals surface area contributed by atoms with Gasteiger partial charge in [0.1, 0.15) is 0 Å². The maximum Gasteiger partial charge on any atom is 0.0397 e. The summed E-state index contributed by atoms with van der Waals surface area (Å²) in [6.07, 6.45) is 0. The molecule has 1 aliphatic rings. The van der Waals surface area contributed by atoms with Crippen LogP contribution in [0.2, 0.25) is 0 Å². The molecule has 0 heterocycles. The molecule has 0 radical (unpaired) electrons. The zero-order chi connectivity index (χ0) is 13.9. The van der Waals surface area contributed by atoms with E-state index in [1.54, 1.807) is 0 Å².